The quantitative estimate of drug-likeness (QED) is 0.851. The molecule has 1 saturated heterocycles. The number of carbonyl (C=O) groups excluding carboxylic acids is 2. The third-order valence-electron chi connectivity index (χ3n) is 4.86. The second-order valence-electron chi connectivity index (χ2n) is 6.43. The van der Waals surface area contributed by atoms with Crippen molar-refractivity contribution >= 4 is 29.9 Å². The van der Waals surface area contributed by atoms with E-state index in [0.29, 0.717) is 18.9 Å². The summed E-state index contributed by atoms with van der Waals surface area (Å²) in [7, 11) is 0. The van der Waals surface area contributed by atoms with Crippen molar-refractivity contribution in [1.29, 1.82) is 0 Å². The van der Waals surface area contributed by atoms with Gasteiger partial charge in [0, 0.05) is 18.7 Å². The van der Waals surface area contributed by atoms with Crippen LogP contribution in [0.1, 0.15) is 31.2 Å². The Morgan fingerprint density at radius 3 is 2.75 bits per heavy atom. The molecule has 2 aliphatic rings. The van der Waals surface area contributed by atoms with E-state index in [1.165, 1.54) is 5.56 Å². The lowest BCUT2D eigenvalue weighted by Crippen LogP contribution is -2.39. The SMILES string of the molecule is Cl.O=C(CCC1CCNCC1)NCC(=O)N1CCc2ccccc21. The zero-order chi connectivity index (χ0) is 16.1. The van der Waals surface area contributed by atoms with Crippen LogP contribution in [0, 0.1) is 5.92 Å². The first-order chi connectivity index (χ1) is 11.2. The summed E-state index contributed by atoms with van der Waals surface area (Å²) < 4.78 is 0. The number of piperidine rings is 1. The third kappa shape index (κ3) is 4.71. The number of nitrogens with zero attached hydrogens (tertiary/aromatic N) is 1. The number of para-hydroxylation sites is 1. The van der Waals surface area contributed by atoms with Crippen LogP contribution in [0.2, 0.25) is 0 Å². The first-order valence-corrected chi connectivity index (χ1v) is 8.60. The highest BCUT2D eigenvalue weighted by Crippen LogP contribution is 2.27. The summed E-state index contributed by atoms with van der Waals surface area (Å²) >= 11 is 0. The minimum Gasteiger partial charge on any atom is -0.347 e. The molecule has 0 aromatic heterocycles. The molecule has 0 unspecified atom stereocenters. The normalized spacial score (nSPS) is 17.1. The van der Waals surface area contributed by atoms with Gasteiger partial charge in [0.15, 0.2) is 0 Å². The van der Waals surface area contributed by atoms with Gasteiger partial charge in [-0.25, -0.2) is 0 Å². The summed E-state index contributed by atoms with van der Waals surface area (Å²) in [4.78, 5) is 26.1. The van der Waals surface area contributed by atoms with Crippen molar-refractivity contribution in [2.45, 2.75) is 32.1 Å². The van der Waals surface area contributed by atoms with Crippen LogP contribution < -0.4 is 15.5 Å². The number of halogens is 1. The smallest absolute Gasteiger partial charge is 0.246 e. The van der Waals surface area contributed by atoms with Gasteiger partial charge in [0.1, 0.15) is 0 Å². The van der Waals surface area contributed by atoms with Crippen molar-refractivity contribution < 1.29 is 9.59 Å². The number of amides is 2. The number of carbonyl (C=O) groups is 2. The molecule has 1 fully saturated rings. The zero-order valence-electron chi connectivity index (χ0n) is 13.9. The van der Waals surface area contributed by atoms with Crippen LogP contribution in [-0.4, -0.2) is 38.0 Å². The average molecular weight is 352 g/mol. The number of rotatable bonds is 5. The molecule has 0 saturated carbocycles. The summed E-state index contributed by atoms with van der Waals surface area (Å²) in [5.74, 6) is 0.609. The van der Waals surface area contributed by atoms with Gasteiger partial charge in [-0.15, -0.1) is 12.4 Å². The van der Waals surface area contributed by atoms with Crippen LogP contribution >= 0.6 is 12.4 Å². The van der Waals surface area contributed by atoms with Gasteiger partial charge in [-0.2, -0.15) is 0 Å². The monoisotopic (exact) mass is 351 g/mol. The maximum absolute atomic E-state index is 12.3. The molecule has 0 atom stereocenters. The Morgan fingerprint density at radius 1 is 1.21 bits per heavy atom. The molecule has 5 nitrogen and oxygen atoms in total. The molecule has 0 radical (unpaired) electrons. The maximum atomic E-state index is 12.3. The van der Waals surface area contributed by atoms with Crippen LogP contribution in [0.15, 0.2) is 24.3 Å². The summed E-state index contributed by atoms with van der Waals surface area (Å²) in [6.07, 6.45) is 4.64. The maximum Gasteiger partial charge on any atom is 0.246 e. The highest BCUT2D eigenvalue weighted by molar-refractivity contribution is 5.98. The summed E-state index contributed by atoms with van der Waals surface area (Å²) in [5.41, 5.74) is 2.19. The van der Waals surface area contributed by atoms with E-state index < -0.39 is 0 Å². The lowest BCUT2D eigenvalue weighted by atomic mass is 9.93. The van der Waals surface area contributed by atoms with Gasteiger partial charge in [-0.05, 0) is 56.3 Å². The number of anilines is 1. The number of hydrogen-bond donors (Lipinski definition) is 2. The molecule has 1 aromatic rings. The van der Waals surface area contributed by atoms with Crippen molar-refractivity contribution in [3.05, 3.63) is 29.8 Å². The second kappa shape index (κ2) is 9.04. The van der Waals surface area contributed by atoms with E-state index in [1.54, 1.807) is 4.90 Å². The molecule has 24 heavy (non-hydrogen) atoms. The van der Waals surface area contributed by atoms with Crippen LogP contribution in [-0.2, 0) is 16.0 Å². The molecular formula is C18H26ClN3O2. The highest BCUT2D eigenvalue weighted by atomic mass is 35.5. The molecule has 2 aliphatic heterocycles. The lowest BCUT2D eigenvalue weighted by Gasteiger charge is -2.22. The lowest BCUT2D eigenvalue weighted by molar-refractivity contribution is -0.125. The van der Waals surface area contributed by atoms with Crippen LogP contribution in [0.4, 0.5) is 5.69 Å². The van der Waals surface area contributed by atoms with Gasteiger partial charge in [0.25, 0.3) is 0 Å². The molecule has 2 N–H and O–H groups in total. The third-order valence-corrected chi connectivity index (χ3v) is 4.86. The molecular weight excluding hydrogens is 326 g/mol. The molecule has 0 bridgehead atoms. The van der Waals surface area contributed by atoms with Gasteiger partial charge in [-0.1, -0.05) is 18.2 Å². The van der Waals surface area contributed by atoms with Crippen LogP contribution in [0.5, 0.6) is 0 Å². The van der Waals surface area contributed by atoms with E-state index in [-0.39, 0.29) is 30.8 Å². The minimum absolute atomic E-state index is 0. The van der Waals surface area contributed by atoms with E-state index in [1.807, 2.05) is 18.2 Å². The molecule has 2 heterocycles. The summed E-state index contributed by atoms with van der Waals surface area (Å²) in [6, 6.07) is 7.97. The second-order valence-corrected chi connectivity index (χ2v) is 6.43. The van der Waals surface area contributed by atoms with Gasteiger partial charge in [0.2, 0.25) is 11.8 Å². The molecule has 1 aromatic carbocycles. The van der Waals surface area contributed by atoms with E-state index in [4.69, 9.17) is 0 Å². The van der Waals surface area contributed by atoms with Crippen molar-refractivity contribution in [1.82, 2.24) is 10.6 Å². The van der Waals surface area contributed by atoms with Gasteiger partial charge < -0.3 is 15.5 Å². The summed E-state index contributed by atoms with van der Waals surface area (Å²) in [6.45, 7) is 2.92. The predicted octanol–water partition coefficient (Wildman–Crippen LogP) is 1.89. The Morgan fingerprint density at radius 2 is 1.96 bits per heavy atom. The molecule has 3 rings (SSSR count). The van der Waals surface area contributed by atoms with Gasteiger partial charge in [-0.3, -0.25) is 9.59 Å². The fourth-order valence-electron chi connectivity index (χ4n) is 3.46. The van der Waals surface area contributed by atoms with Gasteiger partial charge >= 0.3 is 0 Å². The highest BCUT2D eigenvalue weighted by Gasteiger charge is 2.24. The number of fused-ring (bicyclic) bond motifs is 1. The largest absolute Gasteiger partial charge is 0.347 e. The van der Waals surface area contributed by atoms with Crippen LogP contribution in [0.3, 0.4) is 0 Å². The standard InChI is InChI=1S/C18H25N3O2.ClH/c22-17(6-5-14-7-10-19-11-8-14)20-13-18(23)21-12-9-15-3-1-2-4-16(15)21;/h1-4,14,19H,5-13H2,(H,20,22);1H. The van der Waals surface area contributed by atoms with Crippen molar-refractivity contribution in [3.63, 3.8) is 0 Å². The Bertz CT molecular complexity index is 573. The molecule has 0 aliphatic carbocycles. The van der Waals surface area contributed by atoms with E-state index in [0.717, 1.165) is 44.5 Å². The van der Waals surface area contributed by atoms with Crippen LogP contribution in [0.25, 0.3) is 0 Å². The first kappa shape index (κ1) is 18.7. The van der Waals surface area contributed by atoms with E-state index in [9.17, 15) is 9.59 Å². The summed E-state index contributed by atoms with van der Waals surface area (Å²) in [5, 5.41) is 6.12. The number of nitrogens with one attached hydrogen (secondary N) is 2. The predicted molar refractivity (Wildman–Crippen MR) is 97.6 cm³/mol. The van der Waals surface area contributed by atoms with Crippen molar-refractivity contribution in [2.24, 2.45) is 5.92 Å². The molecule has 0 spiro atoms. The fourth-order valence-corrected chi connectivity index (χ4v) is 3.46. The fraction of sp³-hybridized carbons (Fsp3) is 0.556. The van der Waals surface area contributed by atoms with E-state index in [2.05, 4.69) is 16.7 Å². The molecule has 132 valence electrons. The van der Waals surface area contributed by atoms with E-state index >= 15 is 0 Å². The Hall–Kier alpha value is -1.59. The van der Waals surface area contributed by atoms with Crippen molar-refractivity contribution in [3.8, 4) is 0 Å². The Kier molecular flexibility index (Phi) is 7.06. The molecule has 2 amide bonds. The Labute approximate surface area is 149 Å². The van der Waals surface area contributed by atoms with Gasteiger partial charge in [0.05, 0.1) is 6.54 Å². The topological polar surface area (TPSA) is 61.4 Å². The number of hydrogen-bond acceptors (Lipinski definition) is 3. The first-order valence-electron chi connectivity index (χ1n) is 8.60. The molecule has 6 heteroatoms. The Balaban J connectivity index is 0.00000208. The zero-order valence-corrected chi connectivity index (χ0v) is 14.7. The number of benzene rings is 1. The van der Waals surface area contributed by atoms with Crippen molar-refractivity contribution in [2.75, 3.05) is 31.1 Å². The average Bonchev–Trinajstić information content (AvgIpc) is 3.03. The minimum atomic E-state index is -0.0230.